The maximum Gasteiger partial charge on any atom is 0.320 e. The van der Waals surface area contributed by atoms with Gasteiger partial charge in [0, 0.05) is 12.2 Å². The summed E-state index contributed by atoms with van der Waals surface area (Å²) in [6, 6.07) is 1.86. The lowest BCUT2D eigenvalue weighted by Crippen LogP contribution is -2.31. The monoisotopic (exact) mass is 352 g/mol. The summed E-state index contributed by atoms with van der Waals surface area (Å²) in [7, 11) is -4.22. The van der Waals surface area contributed by atoms with Crippen LogP contribution in [0.4, 0.5) is 5.69 Å². The Labute approximate surface area is 129 Å². The van der Waals surface area contributed by atoms with Gasteiger partial charge in [-0.05, 0) is 18.1 Å². The molecule has 11 heteroatoms. The number of rotatable bonds is 7. The molecule has 0 aliphatic carbocycles. The lowest BCUT2D eigenvalue weighted by atomic mass is 10.2. The second kappa shape index (κ2) is 7.17. The smallest absolute Gasteiger partial charge is 0.320 e. The summed E-state index contributed by atoms with van der Waals surface area (Å²) < 4.78 is 12.1. The van der Waals surface area contributed by atoms with Gasteiger partial charge in [0.15, 0.2) is 5.85 Å². The number of hydrogen-bond acceptors (Lipinski definition) is 6. The first-order valence-electron chi connectivity index (χ1n) is 5.98. The molecule has 0 amide bonds. The van der Waals surface area contributed by atoms with E-state index in [0.717, 1.165) is 12.1 Å². The number of carboxylic acids is 1. The van der Waals surface area contributed by atoms with E-state index in [2.05, 4.69) is 0 Å². The van der Waals surface area contributed by atoms with Crippen LogP contribution in [0.3, 0.4) is 0 Å². The molecule has 0 radical (unpaired) electrons. The highest BCUT2D eigenvalue weighted by Crippen LogP contribution is 2.54. The van der Waals surface area contributed by atoms with Crippen molar-refractivity contribution < 1.29 is 29.4 Å². The molecule has 0 fully saturated rings. The van der Waals surface area contributed by atoms with Crippen LogP contribution in [-0.2, 0) is 9.36 Å². The number of aliphatic hydroxyl groups excluding tert-OH is 1. The number of nitrogens with two attached hydrogens (primary N) is 1. The molecule has 0 saturated carbocycles. The second-order valence-corrected chi connectivity index (χ2v) is 7.41. The van der Waals surface area contributed by atoms with Crippen molar-refractivity contribution in [3.05, 3.63) is 38.9 Å². The van der Waals surface area contributed by atoms with Crippen LogP contribution in [0, 0.1) is 10.1 Å². The first-order chi connectivity index (χ1) is 10.1. The fourth-order valence-corrected chi connectivity index (χ4v) is 3.34. The number of benzene rings is 1. The van der Waals surface area contributed by atoms with Crippen LogP contribution in [-0.4, -0.2) is 38.2 Å². The number of carbonyl (C=O) groups is 1. The van der Waals surface area contributed by atoms with E-state index >= 15 is 0 Å². The fourth-order valence-electron chi connectivity index (χ4n) is 1.63. The molecular weight excluding hydrogens is 339 g/mol. The summed E-state index contributed by atoms with van der Waals surface area (Å²) in [5.41, 5.74) is 4.55. The molecule has 0 aliphatic rings. The van der Waals surface area contributed by atoms with Gasteiger partial charge in [-0.3, -0.25) is 19.5 Å². The molecule has 9 nitrogen and oxygen atoms in total. The Morgan fingerprint density at radius 3 is 2.59 bits per heavy atom. The Kier molecular flexibility index (Phi) is 6.04. The minimum atomic E-state index is -4.22. The zero-order valence-corrected chi connectivity index (χ0v) is 12.8. The van der Waals surface area contributed by atoms with Crippen molar-refractivity contribution in [3.8, 4) is 0 Å². The summed E-state index contributed by atoms with van der Waals surface area (Å²) in [6.45, 7) is 0. The second-order valence-electron chi connectivity index (χ2n) is 4.55. The lowest BCUT2D eigenvalue weighted by Gasteiger charge is -2.19. The predicted octanol–water partition coefficient (Wildman–Crippen LogP) is 1.31. The topological polar surface area (TPSA) is 164 Å². The highest BCUT2D eigenvalue weighted by Gasteiger charge is 2.32. The lowest BCUT2D eigenvalue weighted by molar-refractivity contribution is -0.384. The van der Waals surface area contributed by atoms with Crippen LogP contribution in [0.15, 0.2) is 18.2 Å². The van der Waals surface area contributed by atoms with Crippen LogP contribution in [0.1, 0.15) is 17.8 Å². The number of aliphatic carboxylic acids is 1. The minimum Gasteiger partial charge on any atom is -0.480 e. The molecule has 2 unspecified atom stereocenters. The van der Waals surface area contributed by atoms with Gasteiger partial charge in [0.05, 0.1) is 4.92 Å². The summed E-state index contributed by atoms with van der Waals surface area (Å²) in [6.07, 6.45) is -0.867. The molecule has 1 aromatic rings. The van der Waals surface area contributed by atoms with Crippen molar-refractivity contribution >= 4 is 30.6 Å². The van der Waals surface area contributed by atoms with Crippen LogP contribution in [0.25, 0.3) is 0 Å². The van der Waals surface area contributed by atoms with Gasteiger partial charge in [0.2, 0.25) is 7.37 Å². The van der Waals surface area contributed by atoms with Crippen molar-refractivity contribution in [2.75, 3.05) is 6.16 Å². The maximum atomic E-state index is 12.1. The number of halogens is 1. The minimum absolute atomic E-state index is 0.161. The van der Waals surface area contributed by atoms with E-state index in [1.54, 1.807) is 0 Å². The van der Waals surface area contributed by atoms with Crippen molar-refractivity contribution in [1.29, 1.82) is 0 Å². The van der Waals surface area contributed by atoms with Gasteiger partial charge in [0.25, 0.3) is 5.69 Å². The maximum absolute atomic E-state index is 12.1. The molecule has 0 aromatic heterocycles. The Bertz CT molecular complexity index is 639. The van der Waals surface area contributed by atoms with E-state index < -0.39 is 42.0 Å². The van der Waals surface area contributed by atoms with E-state index in [4.69, 9.17) is 22.4 Å². The van der Waals surface area contributed by atoms with Crippen molar-refractivity contribution in [3.63, 3.8) is 0 Å². The normalized spacial score (nSPS) is 16.5. The summed E-state index contributed by atoms with van der Waals surface area (Å²) in [5, 5.41) is 29.1. The molecule has 0 aliphatic heterocycles. The Morgan fingerprint density at radius 1 is 1.50 bits per heavy atom. The van der Waals surface area contributed by atoms with E-state index in [1.165, 1.54) is 6.07 Å². The molecule has 0 bridgehead atoms. The predicted molar refractivity (Wildman–Crippen MR) is 78.0 cm³/mol. The van der Waals surface area contributed by atoms with E-state index in [0.29, 0.717) is 0 Å². The molecule has 0 heterocycles. The van der Waals surface area contributed by atoms with Gasteiger partial charge >= 0.3 is 5.97 Å². The highest BCUT2D eigenvalue weighted by atomic mass is 35.5. The van der Waals surface area contributed by atoms with Crippen LogP contribution < -0.4 is 5.73 Å². The third-order valence-electron chi connectivity index (χ3n) is 2.92. The van der Waals surface area contributed by atoms with Crippen molar-refractivity contribution in [2.24, 2.45) is 5.73 Å². The van der Waals surface area contributed by atoms with Gasteiger partial charge in [-0.1, -0.05) is 17.7 Å². The zero-order chi connectivity index (χ0) is 17.1. The largest absolute Gasteiger partial charge is 0.480 e. The van der Waals surface area contributed by atoms with Gasteiger partial charge in [-0.2, -0.15) is 0 Å². The summed E-state index contributed by atoms with van der Waals surface area (Å²) in [4.78, 5) is 30.4. The molecule has 0 spiro atoms. The molecule has 122 valence electrons. The van der Waals surface area contributed by atoms with Gasteiger partial charge in [0.1, 0.15) is 11.1 Å². The first-order valence-corrected chi connectivity index (χ1v) is 8.27. The quantitative estimate of drug-likeness (QED) is 0.324. The Hall–Kier alpha value is -1.51. The average molecular weight is 353 g/mol. The van der Waals surface area contributed by atoms with Crippen molar-refractivity contribution in [2.45, 2.75) is 18.3 Å². The van der Waals surface area contributed by atoms with Gasteiger partial charge in [-0.25, -0.2) is 0 Å². The summed E-state index contributed by atoms with van der Waals surface area (Å²) >= 11 is 5.61. The Balaban J connectivity index is 2.96. The zero-order valence-electron chi connectivity index (χ0n) is 11.1. The molecule has 1 aromatic carbocycles. The fraction of sp³-hybridized carbons (Fsp3) is 0.364. The molecule has 22 heavy (non-hydrogen) atoms. The third kappa shape index (κ3) is 4.49. The molecular formula is C11H14ClN2O7P. The van der Waals surface area contributed by atoms with Gasteiger partial charge < -0.3 is 20.8 Å². The number of nitro groups is 1. The van der Waals surface area contributed by atoms with E-state index in [9.17, 15) is 29.5 Å². The molecule has 1 rings (SSSR count). The highest BCUT2D eigenvalue weighted by molar-refractivity contribution is 7.58. The molecule has 5 N–H and O–H groups in total. The van der Waals surface area contributed by atoms with Crippen LogP contribution in [0.2, 0.25) is 5.02 Å². The van der Waals surface area contributed by atoms with Crippen LogP contribution >= 0.6 is 19.0 Å². The van der Waals surface area contributed by atoms with E-state index in [-0.39, 0.29) is 17.0 Å². The van der Waals surface area contributed by atoms with Gasteiger partial charge in [-0.15, -0.1) is 0 Å². The van der Waals surface area contributed by atoms with E-state index in [1.807, 2.05) is 0 Å². The number of nitro benzene ring substituents is 1. The van der Waals surface area contributed by atoms with Crippen molar-refractivity contribution in [1.82, 2.24) is 0 Å². The number of hydrogen-bond donors (Lipinski definition) is 4. The number of aliphatic hydroxyl groups is 1. The average Bonchev–Trinajstić information content (AvgIpc) is 2.44. The third-order valence-corrected chi connectivity index (χ3v) is 5.21. The first kappa shape index (κ1) is 18.5. The number of nitrogens with zero attached hydrogens (tertiary/aromatic N) is 1. The summed E-state index contributed by atoms with van der Waals surface area (Å²) in [5.74, 6) is -3.24. The molecule has 3 atom stereocenters. The molecule has 0 saturated heterocycles. The standard InChI is InChI=1S/C11H14ClN2O7P/c12-7-2-1-6(5-9(7)14(18)19)11(17)22(20,21)4-3-8(13)10(15)16/h1-2,5,8,11,17H,3-4,13H2,(H,15,16)(H,20,21)/t8-,11?/m0/s1. The van der Waals surface area contributed by atoms with Crippen LogP contribution in [0.5, 0.6) is 0 Å². The Morgan fingerprint density at radius 2 is 2.09 bits per heavy atom. The SMILES string of the molecule is N[C@@H](CCP(=O)(O)C(O)c1ccc(Cl)c([N+](=O)[O-])c1)C(=O)O. The number of carboxylic acid groups (broad SMARTS) is 1.